The summed E-state index contributed by atoms with van der Waals surface area (Å²) in [5, 5.41) is 0. The number of benzene rings is 1. The third-order valence-corrected chi connectivity index (χ3v) is 3.62. The number of sulfonamides is 1. The molecule has 1 aliphatic rings. The summed E-state index contributed by atoms with van der Waals surface area (Å²) in [6.07, 6.45) is 3.68. The Morgan fingerprint density at radius 1 is 1.27 bits per heavy atom. The minimum absolute atomic E-state index is 0.269. The summed E-state index contributed by atoms with van der Waals surface area (Å²) in [5.74, 6) is 0.380. The van der Waals surface area contributed by atoms with E-state index in [0.29, 0.717) is 5.92 Å². The average molecular weight is 223 g/mol. The lowest BCUT2D eigenvalue weighted by atomic mass is 10.2. The predicted molar refractivity (Wildman–Crippen MR) is 59.6 cm³/mol. The molecule has 0 amide bonds. The normalized spacial score (nSPS) is 17.1. The first-order valence-electron chi connectivity index (χ1n) is 4.95. The maximum Gasteiger partial charge on any atom is 0.281 e. The molecule has 1 fully saturated rings. The van der Waals surface area contributed by atoms with Gasteiger partial charge in [0.25, 0.3) is 10.0 Å². The van der Waals surface area contributed by atoms with Crippen molar-refractivity contribution >= 4 is 16.2 Å². The van der Waals surface area contributed by atoms with E-state index in [1.807, 2.05) is 6.92 Å². The van der Waals surface area contributed by atoms with Crippen LogP contribution in [0.15, 0.2) is 33.6 Å². The van der Waals surface area contributed by atoms with Crippen molar-refractivity contribution in [3.05, 3.63) is 29.8 Å². The second-order valence-electron chi connectivity index (χ2n) is 3.88. The molecule has 1 aliphatic carbocycles. The van der Waals surface area contributed by atoms with Gasteiger partial charge in [-0.1, -0.05) is 17.7 Å². The first kappa shape index (κ1) is 10.4. The predicted octanol–water partition coefficient (Wildman–Crippen LogP) is 2.16. The Bertz CT molecular complexity index is 470. The van der Waals surface area contributed by atoms with Gasteiger partial charge < -0.3 is 0 Å². The van der Waals surface area contributed by atoms with Crippen LogP contribution in [0.5, 0.6) is 0 Å². The van der Waals surface area contributed by atoms with E-state index in [-0.39, 0.29) is 4.90 Å². The summed E-state index contributed by atoms with van der Waals surface area (Å²) in [5.41, 5.74) is 1.04. The number of hydrogen-bond acceptors (Lipinski definition) is 2. The van der Waals surface area contributed by atoms with Crippen molar-refractivity contribution in [3.63, 3.8) is 0 Å². The maximum absolute atomic E-state index is 11.7. The third-order valence-electron chi connectivity index (χ3n) is 2.35. The minimum atomic E-state index is -3.46. The molecule has 0 saturated heterocycles. The summed E-state index contributed by atoms with van der Waals surface area (Å²) >= 11 is 0. The smallest absolute Gasteiger partial charge is 0.199 e. The summed E-state index contributed by atoms with van der Waals surface area (Å²) in [6, 6.07) is 6.74. The van der Waals surface area contributed by atoms with Crippen LogP contribution in [-0.2, 0) is 10.0 Å². The molecule has 0 N–H and O–H groups in total. The van der Waals surface area contributed by atoms with Crippen LogP contribution < -0.4 is 0 Å². The Morgan fingerprint density at radius 2 is 1.87 bits per heavy atom. The van der Waals surface area contributed by atoms with Crippen molar-refractivity contribution < 1.29 is 8.42 Å². The van der Waals surface area contributed by atoms with Crippen LogP contribution in [0.25, 0.3) is 0 Å². The number of rotatable bonds is 3. The summed E-state index contributed by atoms with van der Waals surface area (Å²) in [4.78, 5) is 0.269. The second kappa shape index (κ2) is 3.77. The molecule has 0 radical (unpaired) electrons. The second-order valence-corrected chi connectivity index (χ2v) is 5.51. The van der Waals surface area contributed by atoms with Crippen LogP contribution >= 0.6 is 0 Å². The van der Waals surface area contributed by atoms with Crippen LogP contribution in [0, 0.1) is 12.8 Å². The summed E-state index contributed by atoms with van der Waals surface area (Å²) < 4.78 is 27.0. The van der Waals surface area contributed by atoms with Gasteiger partial charge in [-0.05, 0) is 37.8 Å². The average Bonchev–Trinajstić information content (AvgIpc) is 2.99. The largest absolute Gasteiger partial charge is 0.281 e. The highest BCUT2D eigenvalue weighted by Gasteiger charge is 2.20. The van der Waals surface area contributed by atoms with Crippen LogP contribution in [0.1, 0.15) is 18.4 Å². The van der Waals surface area contributed by atoms with Crippen molar-refractivity contribution in [1.29, 1.82) is 0 Å². The van der Waals surface area contributed by atoms with Gasteiger partial charge in [0.1, 0.15) is 0 Å². The Hall–Kier alpha value is -1.16. The molecule has 15 heavy (non-hydrogen) atoms. The van der Waals surface area contributed by atoms with E-state index in [9.17, 15) is 8.42 Å². The topological polar surface area (TPSA) is 46.5 Å². The standard InChI is InChI=1S/C11H13NO2S/c1-9-2-6-11(7-3-9)15(13,14)12-8-10-4-5-10/h2-3,6-8,10H,4-5H2,1H3. The molecule has 0 aromatic heterocycles. The van der Waals surface area contributed by atoms with Gasteiger partial charge >= 0.3 is 0 Å². The zero-order valence-corrected chi connectivity index (χ0v) is 9.37. The fraction of sp³-hybridized carbons (Fsp3) is 0.364. The molecule has 0 unspecified atom stereocenters. The molecule has 1 saturated carbocycles. The molecule has 80 valence electrons. The molecule has 1 aromatic rings. The Balaban J connectivity index is 2.24. The first-order chi connectivity index (χ1) is 7.08. The Morgan fingerprint density at radius 3 is 2.40 bits per heavy atom. The first-order valence-corrected chi connectivity index (χ1v) is 6.39. The van der Waals surface area contributed by atoms with E-state index in [4.69, 9.17) is 0 Å². The number of nitrogens with zero attached hydrogens (tertiary/aromatic N) is 1. The van der Waals surface area contributed by atoms with Crippen LogP contribution in [-0.4, -0.2) is 14.6 Å². The van der Waals surface area contributed by atoms with Crippen molar-refractivity contribution in [2.24, 2.45) is 10.3 Å². The Labute approximate surface area is 89.9 Å². The summed E-state index contributed by atoms with van der Waals surface area (Å²) in [6.45, 7) is 1.92. The highest BCUT2D eigenvalue weighted by molar-refractivity contribution is 7.90. The molecule has 0 spiro atoms. The van der Waals surface area contributed by atoms with E-state index >= 15 is 0 Å². The quantitative estimate of drug-likeness (QED) is 0.737. The molecular weight excluding hydrogens is 210 g/mol. The van der Waals surface area contributed by atoms with Crippen molar-refractivity contribution in [1.82, 2.24) is 0 Å². The van der Waals surface area contributed by atoms with Gasteiger partial charge in [0.15, 0.2) is 0 Å². The van der Waals surface area contributed by atoms with Gasteiger partial charge in [-0.25, -0.2) is 0 Å². The lowest BCUT2D eigenvalue weighted by Gasteiger charge is -1.98. The van der Waals surface area contributed by atoms with Crippen LogP contribution in [0.3, 0.4) is 0 Å². The Kier molecular flexibility index (Phi) is 2.61. The number of hydrogen-bond donors (Lipinski definition) is 0. The van der Waals surface area contributed by atoms with Crippen molar-refractivity contribution in [2.75, 3.05) is 0 Å². The van der Waals surface area contributed by atoms with E-state index in [2.05, 4.69) is 4.40 Å². The zero-order valence-electron chi connectivity index (χ0n) is 8.55. The molecule has 1 aromatic carbocycles. The fourth-order valence-corrected chi connectivity index (χ4v) is 2.12. The number of aryl methyl sites for hydroxylation is 1. The van der Waals surface area contributed by atoms with Crippen LogP contribution in [0.2, 0.25) is 0 Å². The molecule has 0 bridgehead atoms. The lowest BCUT2D eigenvalue weighted by molar-refractivity contribution is 0.598. The van der Waals surface area contributed by atoms with Gasteiger partial charge in [-0.2, -0.15) is 12.8 Å². The zero-order chi connectivity index (χ0) is 10.9. The van der Waals surface area contributed by atoms with Gasteiger partial charge in [0.2, 0.25) is 0 Å². The molecule has 0 heterocycles. The maximum atomic E-state index is 11.7. The SMILES string of the molecule is Cc1ccc(S(=O)(=O)N=CC2CC2)cc1. The third kappa shape index (κ3) is 2.65. The fourth-order valence-electron chi connectivity index (χ4n) is 1.18. The molecular formula is C11H13NO2S. The van der Waals surface area contributed by atoms with E-state index in [1.165, 1.54) is 0 Å². The van der Waals surface area contributed by atoms with Crippen molar-refractivity contribution in [2.45, 2.75) is 24.7 Å². The molecule has 3 nitrogen and oxygen atoms in total. The van der Waals surface area contributed by atoms with Gasteiger partial charge in [0.05, 0.1) is 4.90 Å². The van der Waals surface area contributed by atoms with E-state index < -0.39 is 10.0 Å². The lowest BCUT2D eigenvalue weighted by Crippen LogP contribution is -1.97. The van der Waals surface area contributed by atoms with Gasteiger partial charge in [-0.3, -0.25) is 0 Å². The molecule has 2 rings (SSSR count). The van der Waals surface area contributed by atoms with Crippen molar-refractivity contribution in [3.8, 4) is 0 Å². The monoisotopic (exact) mass is 223 g/mol. The van der Waals surface area contributed by atoms with Crippen LogP contribution in [0.4, 0.5) is 0 Å². The van der Waals surface area contributed by atoms with Gasteiger partial charge in [-0.15, -0.1) is 0 Å². The van der Waals surface area contributed by atoms with E-state index in [1.54, 1.807) is 30.5 Å². The van der Waals surface area contributed by atoms with Gasteiger partial charge in [0, 0.05) is 6.21 Å². The summed E-state index contributed by atoms with van der Waals surface area (Å²) in [7, 11) is -3.46. The molecule has 0 atom stereocenters. The molecule has 0 aliphatic heterocycles. The van der Waals surface area contributed by atoms with E-state index in [0.717, 1.165) is 18.4 Å². The molecule has 4 heteroatoms. The minimum Gasteiger partial charge on any atom is -0.199 e. The highest BCUT2D eigenvalue weighted by atomic mass is 32.2. The highest BCUT2D eigenvalue weighted by Crippen LogP contribution is 2.27.